The molecule has 1 heterocycles. The first-order valence-electron chi connectivity index (χ1n) is 6.13. The van der Waals surface area contributed by atoms with Crippen LogP contribution < -0.4 is 5.32 Å². The number of anilines is 1. The Kier molecular flexibility index (Phi) is 4.14. The third-order valence-electron chi connectivity index (χ3n) is 3.34. The summed E-state index contributed by atoms with van der Waals surface area (Å²) in [5, 5.41) is 3.56. The molecule has 1 aromatic carbocycles. The summed E-state index contributed by atoms with van der Waals surface area (Å²) in [6.45, 7) is 0. The number of aryl methyl sites for hydroxylation is 1. The Hall–Kier alpha value is -0.140. The lowest BCUT2D eigenvalue weighted by atomic mass is 9.94. The second-order valence-corrected chi connectivity index (χ2v) is 8.32. The van der Waals surface area contributed by atoms with Gasteiger partial charge in [-0.25, -0.2) is 4.39 Å². The monoisotopic (exact) mass is 451 g/mol. The van der Waals surface area contributed by atoms with Gasteiger partial charge in [-0.05, 0) is 87.6 Å². The third kappa shape index (κ3) is 2.97. The molecule has 0 bridgehead atoms. The molecular weight excluding hydrogens is 440 g/mol. The highest BCUT2D eigenvalue weighted by Gasteiger charge is 2.23. The van der Waals surface area contributed by atoms with Gasteiger partial charge in [0.1, 0.15) is 5.82 Å². The summed E-state index contributed by atoms with van der Waals surface area (Å²) in [6, 6.07) is 7.46. The zero-order valence-corrected chi connectivity index (χ0v) is 14.6. The molecule has 3 rings (SSSR count). The molecule has 1 aliphatic carbocycles. The van der Waals surface area contributed by atoms with E-state index in [0.29, 0.717) is 6.04 Å². The average molecular weight is 452 g/mol. The van der Waals surface area contributed by atoms with Gasteiger partial charge in [-0.2, -0.15) is 0 Å². The Balaban J connectivity index is 1.88. The first-order chi connectivity index (χ1) is 9.13. The first kappa shape index (κ1) is 13.8. The van der Waals surface area contributed by atoms with Crippen LogP contribution in [0.15, 0.2) is 28.1 Å². The van der Waals surface area contributed by atoms with Crippen LogP contribution in [0, 0.1) is 9.39 Å². The van der Waals surface area contributed by atoms with Gasteiger partial charge in [0.15, 0.2) is 0 Å². The summed E-state index contributed by atoms with van der Waals surface area (Å²) in [5.41, 5.74) is 2.41. The smallest absolute Gasteiger partial charge is 0.124 e. The van der Waals surface area contributed by atoms with Gasteiger partial charge < -0.3 is 5.32 Å². The van der Waals surface area contributed by atoms with Crippen LogP contribution in [0.5, 0.6) is 0 Å². The molecule has 1 aromatic heterocycles. The molecule has 0 aliphatic heterocycles. The van der Waals surface area contributed by atoms with Crippen LogP contribution in [0.2, 0.25) is 0 Å². The molecule has 0 saturated carbocycles. The Morgan fingerprint density at radius 3 is 3.00 bits per heavy atom. The molecule has 100 valence electrons. The maximum atomic E-state index is 13.1. The number of halogens is 3. The SMILES string of the molecule is Fc1ccc(NC2CCCc3sc(Br)cc32)c(I)c1. The summed E-state index contributed by atoms with van der Waals surface area (Å²) >= 11 is 7.57. The minimum Gasteiger partial charge on any atom is -0.377 e. The molecule has 0 amide bonds. The highest BCUT2D eigenvalue weighted by molar-refractivity contribution is 14.1. The lowest BCUT2D eigenvalue weighted by Crippen LogP contribution is -2.16. The van der Waals surface area contributed by atoms with Crippen molar-refractivity contribution in [3.8, 4) is 0 Å². The van der Waals surface area contributed by atoms with Crippen molar-refractivity contribution in [1.82, 2.24) is 0 Å². The number of hydrogen-bond donors (Lipinski definition) is 1. The number of benzene rings is 1. The molecule has 0 spiro atoms. The van der Waals surface area contributed by atoms with Gasteiger partial charge in [-0.15, -0.1) is 11.3 Å². The summed E-state index contributed by atoms with van der Waals surface area (Å²) in [6.07, 6.45) is 3.50. The summed E-state index contributed by atoms with van der Waals surface area (Å²) in [5.74, 6) is -0.183. The lowest BCUT2D eigenvalue weighted by Gasteiger charge is -2.25. The zero-order chi connectivity index (χ0) is 13.4. The summed E-state index contributed by atoms with van der Waals surface area (Å²) in [7, 11) is 0. The minimum atomic E-state index is -0.183. The molecule has 1 aliphatic rings. The molecule has 5 heteroatoms. The van der Waals surface area contributed by atoms with E-state index in [1.54, 1.807) is 6.07 Å². The van der Waals surface area contributed by atoms with Crippen LogP contribution in [0.1, 0.15) is 29.3 Å². The molecule has 1 nitrogen and oxygen atoms in total. The lowest BCUT2D eigenvalue weighted by molar-refractivity contribution is 0.606. The number of thiophene rings is 1. The Bertz CT molecular complexity index is 613. The van der Waals surface area contributed by atoms with Crippen molar-refractivity contribution >= 4 is 55.5 Å². The van der Waals surface area contributed by atoms with Gasteiger partial charge in [0, 0.05) is 14.1 Å². The minimum absolute atomic E-state index is 0.183. The van der Waals surface area contributed by atoms with E-state index >= 15 is 0 Å². The van der Waals surface area contributed by atoms with E-state index in [9.17, 15) is 4.39 Å². The van der Waals surface area contributed by atoms with Gasteiger partial charge in [0.25, 0.3) is 0 Å². The largest absolute Gasteiger partial charge is 0.377 e. The van der Waals surface area contributed by atoms with Crippen molar-refractivity contribution in [2.24, 2.45) is 0 Å². The van der Waals surface area contributed by atoms with Gasteiger partial charge in [0.05, 0.1) is 9.83 Å². The molecule has 1 atom stereocenters. The van der Waals surface area contributed by atoms with E-state index in [4.69, 9.17) is 0 Å². The molecule has 0 radical (unpaired) electrons. The fourth-order valence-electron chi connectivity index (χ4n) is 2.47. The van der Waals surface area contributed by atoms with Crippen LogP contribution in [-0.4, -0.2) is 0 Å². The molecule has 1 unspecified atom stereocenters. The van der Waals surface area contributed by atoms with Gasteiger partial charge >= 0.3 is 0 Å². The van der Waals surface area contributed by atoms with Crippen molar-refractivity contribution in [2.45, 2.75) is 25.3 Å². The highest BCUT2D eigenvalue weighted by Crippen LogP contribution is 2.40. The fraction of sp³-hybridized carbons (Fsp3) is 0.286. The Morgan fingerprint density at radius 1 is 1.37 bits per heavy atom. The predicted molar refractivity (Wildman–Crippen MR) is 90.4 cm³/mol. The number of rotatable bonds is 2. The van der Waals surface area contributed by atoms with Gasteiger partial charge in [-0.1, -0.05) is 0 Å². The second-order valence-electron chi connectivity index (χ2n) is 4.64. The third-order valence-corrected chi connectivity index (χ3v) is 5.95. The first-order valence-corrected chi connectivity index (χ1v) is 8.82. The van der Waals surface area contributed by atoms with E-state index in [0.717, 1.165) is 15.7 Å². The number of nitrogens with one attached hydrogen (secondary N) is 1. The molecule has 0 fully saturated rings. The van der Waals surface area contributed by atoms with E-state index in [-0.39, 0.29) is 5.82 Å². The number of fused-ring (bicyclic) bond motifs is 1. The Labute approximate surface area is 137 Å². The van der Waals surface area contributed by atoms with Crippen molar-refractivity contribution < 1.29 is 4.39 Å². The van der Waals surface area contributed by atoms with Crippen LogP contribution >= 0.6 is 49.9 Å². The molecule has 0 saturated heterocycles. The molecule has 1 N–H and O–H groups in total. The van der Waals surface area contributed by atoms with Crippen LogP contribution in [-0.2, 0) is 6.42 Å². The fourth-order valence-corrected chi connectivity index (χ4v) is 4.92. The molecule has 2 aromatic rings. The normalized spacial score (nSPS) is 18.2. The second kappa shape index (κ2) is 5.69. The topological polar surface area (TPSA) is 12.0 Å². The quantitative estimate of drug-likeness (QED) is 0.573. The molecular formula is C14H12BrFINS. The number of hydrogen-bond acceptors (Lipinski definition) is 2. The van der Waals surface area contributed by atoms with Gasteiger partial charge in [0.2, 0.25) is 0 Å². The predicted octanol–water partition coefficient (Wildman–Crippen LogP) is 5.74. The van der Waals surface area contributed by atoms with Crippen LogP contribution in [0.4, 0.5) is 10.1 Å². The maximum Gasteiger partial charge on any atom is 0.124 e. The van der Waals surface area contributed by atoms with Crippen LogP contribution in [0.3, 0.4) is 0 Å². The van der Waals surface area contributed by atoms with Crippen molar-refractivity contribution in [2.75, 3.05) is 5.32 Å². The molecule has 19 heavy (non-hydrogen) atoms. The van der Waals surface area contributed by atoms with Gasteiger partial charge in [-0.3, -0.25) is 0 Å². The maximum absolute atomic E-state index is 13.1. The van der Waals surface area contributed by atoms with Crippen molar-refractivity contribution in [3.63, 3.8) is 0 Å². The van der Waals surface area contributed by atoms with E-state index < -0.39 is 0 Å². The van der Waals surface area contributed by atoms with E-state index in [2.05, 4.69) is 49.9 Å². The zero-order valence-electron chi connectivity index (χ0n) is 10.1. The standard InChI is InChI=1S/C14H12BrFINS/c15-14-7-9-11(2-1-3-13(9)19-14)18-12-5-4-8(16)6-10(12)17/h4-7,11,18H,1-3H2. The summed E-state index contributed by atoms with van der Waals surface area (Å²) < 4.78 is 15.3. The van der Waals surface area contributed by atoms with E-state index in [1.165, 1.54) is 33.1 Å². The summed E-state index contributed by atoms with van der Waals surface area (Å²) in [4.78, 5) is 1.47. The van der Waals surface area contributed by atoms with Crippen molar-refractivity contribution in [1.29, 1.82) is 0 Å². The van der Waals surface area contributed by atoms with Crippen molar-refractivity contribution in [3.05, 3.63) is 47.9 Å². The Morgan fingerprint density at radius 2 is 2.21 bits per heavy atom. The van der Waals surface area contributed by atoms with E-state index in [1.807, 2.05) is 17.4 Å². The van der Waals surface area contributed by atoms with Crippen LogP contribution in [0.25, 0.3) is 0 Å². The highest BCUT2D eigenvalue weighted by atomic mass is 127. The average Bonchev–Trinajstić information content (AvgIpc) is 2.74.